The molecule has 19 heavy (non-hydrogen) atoms. The van der Waals surface area contributed by atoms with E-state index in [1.165, 1.54) is 14.2 Å². The van der Waals surface area contributed by atoms with Gasteiger partial charge in [-0.3, -0.25) is 0 Å². The van der Waals surface area contributed by atoms with Crippen molar-refractivity contribution >= 4 is 27.3 Å². The third kappa shape index (κ3) is 4.97. The molecule has 0 fully saturated rings. The number of hydrogen-bond donors (Lipinski definition) is 1. The number of hydrogen-bond acceptors (Lipinski definition) is 3. The van der Waals surface area contributed by atoms with Gasteiger partial charge in [-0.2, -0.15) is 0 Å². The second-order valence-electron chi connectivity index (χ2n) is 4.30. The van der Waals surface area contributed by atoms with Crippen molar-refractivity contribution in [3.05, 3.63) is 50.6 Å². The molecule has 1 aromatic heterocycles. The van der Waals surface area contributed by atoms with Gasteiger partial charge in [0.25, 0.3) is 0 Å². The van der Waals surface area contributed by atoms with Crippen molar-refractivity contribution in [2.75, 3.05) is 20.2 Å². The normalized spacial score (nSPS) is 10.6. The third-order valence-electron chi connectivity index (χ3n) is 2.93. The number of halogens is 1. The first-order chi connectivity index (χ1) is 9.28. The Bertz CT molecular complexity index is 495. The average Bonchev–Trinajstić information content (AvgIpc) is 2.85. The van der Waals surface area contributed by atoms with E-state index >= 15 is 0 Å². The second kappa shape index (κ2) is 7.68. The van der Waals surface area contributed by atoms with Gasteiger partial charge in [-0.05, 0) is 71.7 Å². The molecule has 0 unspecified atom stereocenters. The predicted octanol–water partition coefficient (Wildman–Crippen LogP) is 3.89. The predicted molar refractivity (Wildman–Crippen MR) is 85.3 cm³/mol. The van der Waals surface area contributed by atoms with E-state index in [0.717, 1.165) is 31.7 Å². The first-order valence-electron chi connectivity index (χ1n) is 6.36. The van der Waals surface area contributed by atoms with Crippen molar-refractivity contribution in [1.29, 1.82) is 0 Å². The van der Waals surface area contributed by atoms with Crippen LogP contribution in [-0.4, -0.2) is 20.2 Å². The van der Waals surface area contributed by atoms with Crippen molar-refractivity contribution in [2.24, 2.45) is 0 Å². The van der Waals surface area contributed by atoms with Crippen molar-refractivity contribution in [3.63, 3.8) is 0 Å². The minimum absolute atomic E-state index is 0.917. The number of methoxy groups -OCH3 is 1. The lowest BCUT2D eigenvalue weighted by Gasteiger charge is -2.05. The Labute approximate surface area is 126 Å². The van der Waals surface area contributed by atoms with Crippen LogP contribution in [0.2, 0.25) is 0 Å². The standard InChI is InChI=1S/C15H18BrNOS/c1-18-13-4-2-12(3-5-13)8-10-17-11-9-14-6-7-15(16)19-14/h2-7,17H,8-11H2,1H3. The average molecular weight is 340 g/mol. The first-order valence-corrected chi connectivity index (χ1v) is 7.97. The third-order valence-corrected chi connectivity index (χ3v) is 4.61. The van der Waals surface area contributed by atoms with Gasteiger partial charge in [0.05, 0.1) is 10.9 Å². The molecule has 0 saturated carbocycles. The minimum Gasteiger partial charge on any atom is -0.497 e. The summed E-state index contributed by atoms with van der Waals surface area (Å²) in [7, 11) is 1.69. The summed E-state index contributed by atoms with van der Waals surface area (Å²) in [4.78, 5) is 1.42. The van der Waals surface area contributed by atoms with Gasteiger partial charge in [0, 0.05) is 4.88 Å². The van der Waals surface area contributed by atoms with Crippen LogP contribution in [0.4, 0.5) is 0 Å². The van der Waals surface area contributed by atoms with Gasteiger partial charge < -0.3 is 10.1 Å². The van der Waals surface area contributed by atoms with Crippen LogP contribution in [0.5, 0.6) is 5.75 Å². The Morgan fingerprint density at radius 3 is 2.42 bits per heavy atom. The summed E-state index contributed by atoms with van der Waals surface area (Å²) in [5, 5.41) is 3.48. The Hall–Kier alpha value is -0.840. The van der Waals surface area contributed by atoms with Gasteiger partial charge in [0.2, 0.25) is 0 Å². The summed E-state index contributed by atoms with van der Waals surface area (Å²) in [6, 6.07) is 12.6. The minimum atomic E-state index is 0.917. The SMILES string of the molecule is COc1ccc(CCNCCc2ccc(Br)s2)cc1. The smallest absolute Gasteiger partial charge is 0.118 e. The van der Waals surface area contributed by atoms with Crippen molar-refractivity contribution < 1.29 is 4.74 Å². The topological polar surface area (TPSA) is 21.3 Å². The molecule has 0 radical (unpaired) electrons. The number of thiophene rings is 1. The van der Waals surface area contributed by atoms with Gasteiger partial charge in [0.1, 0.15) is 5.75 Å². The monoisotopic (exact) mass is 339 g/mol. The van der Waals surface area contributed by atoms with Gasteiger partial charge in [-0.25, -0.2) is 0 Å². The highest BCUT2D eigenvalue weighted by molar-refractivity contribution is 9.11. The maximum absolute atomic E-state index is 5.14. The molecule has 0 aliphatic carbocycles. The van der Waals surface area contributed by atoms with Crippen LogP contribution in [0.3, 0.4) is 0 Å². The van der Waals surface area contributed by atoms with Gasteiger partial charge in [-0.15, -0.1) is 11.3 Å². The quantitative estimate of drug-likeness (QED) is 0.772. The molecular weight excluding hydrogens is 322 g/mol. The van der Waals surface area contributed by atoms with Crippen LogP contribution in [0.25, 0.3) is 0 Å². The molecule has 0 aliphatic rings. The number of nitrogens with one attached hydrogen (secondary N) is 1. The molecule has 0 amide bonds. The summed E-state index contributed by atoms with van der Waals surface area (Å²) in [5.41, 5.74) is 1.34. The Morgan fingerprint density at radius 2 is 1.79 bits per heavy atom. The summed E-state index contributed by atoms with van der Waals surface area (Å²) in [6.45, 7) is 2.04. The van der Waals surface area contributed by atoms with Crippen LogP contribution in [0.1, 0.15) is 10.4 Å². The van der Waals surface area contributed by atoms with Gasteiger partial charge in [-0.1, -0.05) is 12.1 Å². The second-order valence-corrected chi connectivity index (χ2v) is 6.85. The zero-order valence-electron chi connectivity index (χ0n) is 11.0. The van der Waals surface area contributed by atoms with E-state index in [9.17, 15) is 0 Å². The molecule has 102 valence electrons. The van der Waals surface area contributed by atoms with Crippen LogP contribution in [0, 0.1) is 0 Å². The molecule has 0 saturated heterocycles. The molecule has 1 heterocycles. The lowest BCUT2D eigenvalue weighted by Crippen LogP contribution is -2.19. The molecule has 4 heteroatoms. The van der Waals surface area contributed by atoms with Crippen LogP contribution < -0.4 is 10.1 Å². The van der Waals surface area contributed by atoms with Crippen molar-refractivity contribution in [1.82, 2.24) is 5.32 Å². The lowest BCUT2D eigenvalue weighted by atomic mass is 10.1. The lowest BCUT2D eigenvalue weighted by molar-refractivity contribution is 0.414. The number of ether oxygens (including phenoxy) is 1. The zero-order chi connectivity index (χ0) is 13.5. The van der Waals surface area contributed by atoms with Crippen LogP contribution in [-0.2, 0) is 12.8 Å². The molecular formula is C15H18BrNOS. The van der Waals surface area contributed by atoms with E-state index in [2.05, 4.69) is 45.5 Å². The Balaban J connectivity index is 1.63. The van der Waals surface area contributed by atoms with E-state index in [-0.39, 0.29) is 0 Å². The zero-order valence-corrected chi connectivity index (χ0v) is 13.4. The van der Waals surface area contributed by atoms with Crippen molar-refractivity contribution in [2.45, 2.75) is 12.8 Å². The maximum atomic E-state index is 5.14. The van der Waals surface area contributed by atoms with Gasteiger partial charge >= 0.3 is 0 Å². The van der Waals surface area contributed by atoms with Crippen LogP contribution in [0.15, 0.2) is 40.2 Å². The molecule has 0 atom stereocenters. The summed E-state index contributed by atoms with van der Waals surface area (Å²) in [5.74, 6) is 0.917. The molecule has 2 aromatic rings. The van der Waals surface area contributed by atoms with E-state index in [1.807, 2.05) is 23.5 Å². The van der Waals surface area contributed by atoms with E-state index in [1.54, 1.807) is 7.11 Å². The molecule has 0 bridgehead atoms. The molecule has 2 rings (SSSR count). The highest BCUT2D eigenvalue weighted by Crippen LogP contribution is 2.22. The fraction of sp³-hybridized carbons (Fsp3) is 0.333. The van der Waals surface area contributed by atoms with E-state index < -0.39 is 0 Å². The maximum Gasteiger partial charge on any atom is 0.118 e. The highest BCUT2D eigenvalue weighted by atomic mass is 79.9. The summed E-state index contributed by atoms with van der Waals surface area (Å²) < 4.78 is 6.35. The Morgan fingerprint density at radius 1 is 1.05 bits per heavy atom. The van der Waals surface area contributed by atoms with E-state index in [4.69, 9.17) is 4.74 Å². The van der Waals surface area contributed by atoms with Crippen LogP contribution >= 0.6 is 27.3 Å². The summed E-state index contributed by atoms with van der Waals surface area (Å²) in [6.07, 6.45) is 2.15. The fourth-order valence-electron chi connectivity index (χ4n) is 1.85. The van der Waals surface area contributed by atoms with E-state index in [0.29, 0.717) is 0 Å². The molecule has 0 spiro atoms. The number of benzene rings is 1. The number of rotatable bonds is 7. The Kier molecular flexibility index (Phi) is 5.89. The van der Waals surface area contributed by atoms with Crippen molar-refractivity contribution in [3.8, 4) is 5.75 Å². The summed E-state index contributed by atoms with van der Waals surface area (Å²) >= 11 is 5.29. The fourth-order valence-corrected chi connectivity index (χ4v) is 3.33. The highest BCUT2D eigenvalue weighted by Gasteiger charge is 1.98. The molecule has 1 aromatic carbocycles. The molecule has 0 aliphatic heterocycles. The molecule has 1 N–H and O–H groups in total. The first kappa shape index (κ1) is 14.6. The largest absolute Gasteiger partial charge is 0.497 e. The van der Waals surface area contributed by atoms with Gasteiger partial charge in [0.15, 0.2) is 0 Å². The molecule has 2 nitrogen and oxygen atoms in total.